The van der Waals surface area contributed by atoms with Crippen LogP contribution in [0.2, 0.25) is 0 Å². The van der Waals surface area contributed by atoms with Crippen LogP contribution >= 0.6 is 0 Å². The minimum Gasteiger partial charge on any atom is -0.507 e. The minimum atomic E-state index is -0.693. The molecule has 1 fully saturated rings. The van der Waals surface area contributed by atoms with Gasteiger partial charge in [-0.3, -0.25) is 33.0 Å². The average molecular weight is 1280 g/mol. The van der Waals surface area contributed by atoms with Crippen LogP contribution in [0.1, 0.15) is 128 Å². The second-order valence-electron chi connectivity index (χ2n) is 22.6. The Morgan fingerprint density at radius 1 is 0.521 bits per heavy atom. The molecule has 94 heavy (non-hydrogen) atoms. The Kier molecular flexibility index (Phi) is 22.7. The first-order valence-electron chi connectivity index (χ1n) is 31.9. The molecule has 9 aromatic rings. The summed E-state index contributed by atoms with van der Waals surface area (Å²) in [6, 6.07) is 33.0. The fourth-order valence-electron chi connectivity index (χ4n) is 11.2. The van der Waals surface area contributed by atoms with Gasteiger partial charge >= 0.3 is 0 Å². The Hall–Kier alpha value is -10.3. The van der Waals surface area contributed by atoms with Gasteiger partial charge in [-0.05, 0) is 160 Å². The molecule has 0 bridgehead atoms. The summed E-state index contributed by atoms with van der Waals surface area (Å²) in [5.74, 6) is 3.07. The van der Waals surface area contributed by atoms with Crippen LogP contribution in [0.5, 0.6) is 40.2 Å². The van der Waals surface area contributed by atoms with Crippen LogP contribution in [0, 0.1) is 0 Å². The molecule has 3 aliphatic heterocycles. The quantitative estimate of drug-likeness (QED) is 0.0556. The van der Waals surface area contributed by atoms with Gasteiger partial charge < -0.3 is 55.4 Å². The summed E-state index contributed by atoms with van der Waals surface area (Å²) in [6.07, 6.45) is 5.46. The highest BCUT2D eigenvalue weighted by molar-refractivity contribution is 5.94. The highest BCUT2D eigenvalue weighted by Gasteiger charge is 2.29. The molecule has 0 radical (unpaired) electrons. The van der Waals surface area contributed by atoms with E-state index in [1.165, 1.54) is 5.56 Å². The number of aromatic nitrogens is 9. The maximum absolute atomic E-state index is 13.0. The number of phenols is 3. The molecule has 24 heteroatoms. The van der Waals surface area contributed by atoms with Crippen molar-refractivity contribution in [1.82, 2.24) is 59.8 Å². The summed E-state index contributed by atoms with van der Waals surface area (Å²) in [6.45, 7) is 20.9. The molecule has 494 valence electrons. The van der Waals surface area contributed by atoms with E-state index in [0.29, 0.717) is 81.8 Å². The van der Waals surface area contributed by atoms with Crippen molar-refractivity contribution in [3.63, 3.8) is 0 Å². The number of nitrogens with one attached hydrogen (secondary N) is 2. The zero-order valence-corrected chi connectivity index (χ0v) is 54.9. The van der Waals surface area contributed by atoms with Crippen LogP contribution in [0.15, 0.2) is 109 Å². The Balaban J connectivity index is 0.000000163. The topological polar surface area (TPSA) is 303 Å². The summed E-state index contributed by atoms with van der Waals surface area (Å²) in [5, 5.41) is 63.0. The number of hydrogen-bond acceptors (Lipinski definition) is 18. The number of nitrogens with zero attached hydrogens (tertiary/aromatic N) is 10. The number of aromatic hydroxyl groups is 3. The highest BCUT2D eigenvalue weighted by Crippen LogP contribution is 2.41. The highest BCUT2D eigenvalue weighted by atomic mass is 16.5. The van der Waals surface area contributed by atoms with Crippen LogP contribution in [0.25, 0.3) is 51.2 Å². The SMILES string of the molecule is CC.CC.CC(C)NC(=O)c1nnc(-c2cc3c(cc2O)OCC3)n1-c1ccc(CN2CCOCC2)cc1.COc1ccc(-n2c(C(=O)NC(C)C)nnc2-c2cc3c(cc2O)OCC3)cc1.COc1ccc(-n2c(C(N)=O)nnc2-c2ccc3c(c2O)CCCC3)cc1. The maximum atomic E-state index is 13.0. The van der Waals surface area contributed by atoms with Crippen LogP contribution in [-0.4, -0.2) is 148 Å². The zero-order valence-electron chi connectivity index (χ0n) is 54.9. The van der Waals surface area contributed by atoms with Gasteiger partial charge in [0.25, 0.3) is 17.7 Å². The molecule has 0 spiro atoms. The minimum absolute atomic E-state index is 0.00675. The van der Waals surface area contributed by atoms with Crippen LogP contribution in [-0.2, 0) is 37.0 Å². The number of primary amides is 1. The Morgan fingerprint density at radius 3 is 1.39 bits per heavy atom. The molecule has 0 unspecified atom stereocenters. The molecule has 24 nitrogen and oxygen atoms in total. The predicted molar refractivity (Wildman–Crippen MR) is 356 cm³/mol. The molecular weight excluding hydrogens is 1200 g/mol. The lowest BCUT2D eigenvalue weighted by molar-refractivity contribution is 0.0342. The van der Waals surface area contributed by atoms with Gasteiger partial charge in [0.05, 0.1) is 57.3 Å². The molecule has 7 N–H and O–H groups in total. The van der Waals surface area contributed by atoms with E-state index in [9.17, 15) is 29.7 Å². The number of carbonyl (C=O) groups excluding carboxylic acids is 3. The fourth-order valence-corrected chi connectivity index (χ4v) is 11.2. The molecule has 6 aromatic carbocycles. The van der Waals surface area contributed by atoms with Gasteiger partial charge in [0, 0.05) is 73.8 Å². The van der Waals surface area contributed by atoms with Crippen molar-refractivity contribution in [2.75, 3.05) is 53.7 Å². The number of methoxy groups -OCH3 is 2. The molecule has 0 saturated carbocycles. The van der Waals surface area contributed by atoms with Crippen molar-refractivity contribution in [1.29, 1.82) is 0 Å². The summed E-state index contributed by atoms with van der Waals surface area (Å²) >= 11 is 0. The molecular formula is C70H83N13O11. The van der Waals surface area contributed by atoms with Crippen LogP contribution in [0.3, 0.4) is 0 Å². The van der Waals surface area contributed by atoms with E-state index in [0.717, 1.165) is 99.3 Å². The Labute approximate surface area is 546 Å². The molecule has 3 aromatic heterocycles. The van der Waals surface area contributed by atoms with Gasteiger partial charge in [-0.2, -0.15) is 0 Å². The van der Waals surface area contributed by atoms with Gasteiger partial charge in [-0.1, -0.05) is 45.9 Å². The lowest BCUT2D eigenvalue weighted by Crippen LogP contribution is -2.35. The van der Waals surface area contributed by atoms with Crippen LogP contribution < -0.4 is 35.3 Å². The summed E-state index contributed by atoms with van der Waals surface area (Å²) in [4.78, 5) is 40.0. The van der Waals surface area contributed by atoms with Gasteiger partial charge in [0.2, 0.25) is 17.5 Å². The van der Waals surface area contributed by atoms with E-state index < -0.39 is 5.91 Å². The number of amides is 3. The number of hydrogen-bond donors (Lipinski definition) is 6. The van der Waals surface area contributed by atoms with E-state index >= 15 is 0 Å². The summed E-state index contributed by atoms with van der Waals surface area (Å²) < 4.78 is 31.8. The van der Waals surface area contributed by atoms with Crippen molar-refractivity contribution >= 4 is 17.7 Å². The van der Waals surface area contributed by atoms with Crippen molar-refractivity contribution in [2.45, 2.75) is 113 Å². The average Bonchev–Trinajstić information content (AvgIpc) is 1.43. The number of morpholine rings is 1. The molecule has 1 aliphatic carbocycles. The van der Waals surface area contributed by atoms with Gasteiger partial charge in [0.15, 0.2) is 17.5 Å². The van der Waals surface area contributed by atoms with Crippen molar-refractivity contribution in [3.05, 3.63) is 154 Å². The Morgan fingerprint density at radius 2 is 0.947 bits per heavy atom. The smallest absolute Gasteiger partial charge is 0.289 e. The Bertz CT molecular complexity index is 4080. The van der Waals surface area contributed by atoms with Gasteiger partial charge in [0.1, 0.15) is 40.2 Å². The molecule has 13 rings (SSSR count). The number of ether oxygens (including phenoxy) is 5. The maximum Gasteiger partial charge on any atom is 0.289 e. The number of nitrogens with two attached hydrogens (primary N) is 1. The van der Waals surface area contributed by atoms with E-state index in [1.54, 1.807) is 76.5 Å². The third-order valence-electron chi connectivity index (χ3n) is 15.7. The molecule has 4 aliphatic rings. The first-order chi connectivity index (χ1) is 45.6. The summed E-state index contributed by atoms with van der Waals surface area (Å²) in [5.41, 5.74) is 14.4. The number of aryl methyl sites for hydroxylation is 1. The summed E-state index contributed by atoms with van der Waals surface area (Å²) in [7, 11) is 3.17. The first kappa shape index (κ1) is 68.0. The third-order valence-corrected chi connectivity index (χ3v) is 15.7. The number of carbonyl (C=O) groups is 3. The van der Waals surface area contributed by atoms with Gasteiger partial charge in [-0.25, -0.2) is 0 Å². The molecule has 0 atom stereocenters. The third kappa shape index (κ3) is 15.3. The van der Waals surface area contributed by atoms with E-state index in [1.807, 2.05) is 104 Å². The number of benzene rings is 6. The molecule has 1 saturated heterocycles. The monoisotopic (exact) mass is 1280 g/mol. The second kappa shape index (κ2) is 31.3. The van der Waals surface area contributed by atoms with E-state index in [4.69, 9.17) is 29.4 Å². The molecule has 6 heterocycles. The molecule has 3 amide bonds. The predicted octanol–water partition coefficient (Wildman–Crippen LogP) is 9.95. The van der Waals surface area contributed by atoms with Crippen molar-refractivity contribution in [3.8, 4) is 91.5 Å². The van der Waals surface area contributed by atoms with Crippen molar-refractivity contribution < 1.29 is 53.4 Å². The standard InChI is InChI=1S/C25H29N5O4.C21H22N4O4.C20H20N4O3.2C2H6/c1-16(2)26-25(32)24-28-27-23(20-13-18-7-10-34-22(18)14-21(20)31)30(24)19-5-3-17(4-6-19)15-29-8-11-33-12-9-29;1-12(2)22-21(27)20-24-23-19(25(20)14-4-6-15(28-3)7-5-14)16-10-13-8-9-29-18(13)11-17(16)26;1-27-14-9-7-13(8-10-14)24-19(22-23-20(24)18(21)26)16-11-6-12-4-2-3-5-15(12)17(16)25;2*1-2/h3-6,13-14,16,31H,7-12,15H2,1-2H3,(H,26,32);4-7,10-12,26H,8-9H2,1-3H3,(H,22,27);6-11,25H,2-5H2,1H3,(H2,21,26);2*1-2H3. The first-order valence-corrected chi connectivity index (χ1v) is 31.9. The largest absolute Gasteiger partial charge is 0.507 e. The number of fused-ring (bicyclic) bond motifs is 3. The second-order valence-corrected chi connectivity index (χ2v) is 22.6. The van der Waals surface area contributed by atoms with Crippen molar-refractivity contribution in [2.24, 2.45) is 5.73 Å². The lowest BCUT2D eigenvalue weighted by Gasteiger charge is -2.26. The lowest BCUT2D eigenvalue weighted by atomic mass is 9.89. The number of phenolic OH excluding ortho intramolecular Hbond substituents is 3. The number of rotatable bonds is 15. The van der Waals surface area contributed by atoms with Crippen LogP contribution in [0.4, 0.5) is 0 Å². The zero-order chi connectivity index (χ0) is 67.2. The van der Waals surface area contributed by atoms with E-state index in [2.05, 4.69) is 58.3 Å². The van der Waals surface area contributed by atoms with E-state index in [-0.39, 0.29) is 58.6 Å². The fraction of sp³-hybridized carbons (Fsp3) is 0.357. The van der Waals surface area contributed by atoms with Gasteiger partial charge in [-0.15, -0.1) is 30.6 Å². The normalized spacial score (nSPS) is 13.5.